The van der Waals surface area contributed by atoms with Crippen LogP contribution in [0.5, 0.6) is 0 Å². The number of hydrogen-bond donors (Lipinski definition) is 0. The van der Waals surface area contributed by atoms with E-state index in [-0.39, 0.29) is 0 Å². The summed E-state index contributed by atoms with van der Waals surface area (Å²) >= 11 is 0. The highest BCUT2D eigenvalue weighted by atomic mass is 14.8. The van der Waals surface area contributed by atoms with Crippen LogP contribution in [-0.2, 0) is 0 Å². The molecular weight excluding hydrogens is 244 g/mol. The van der Waals surface area contributed by atoms with Crippen LogP contribution in [0.3, 0.4) is 0 Å². The molecule has 0 radical (unpaired) electrons. The molecule has 0 aromatic carbocycles. The second kappa shape index (κ2) is 5.66. The Morgan fingerprint density at radius 3 is 2.60 bits per heavy atom. The monoisotopic (exact) mass is 260 g/mol. The van der Waals surface area contributed by atoms with Crippen LogP contribution < -0.4 is 0 Å². The molecule has 0 atom stereocenters. The van der Waals surface area contributed by atoms with Gasteiger partial charge in [0.05, 0.1) is 17.1 Å². The Labute approximate surface area is 119 Å². The van der Waals surface area contributed by atoms with Gasteiger partial charge in [-0.25, -0.2) is 4.98 Å². The maximum Gasteiger partial charge on any atom is 0.0893 e. The zero-order chi connectivity index (χ0) is 13.8. The Kier molecular flexibility index (Phi) is 3.55. The highest BCUT2D eigenvalue weighted by molar-refractivity contribution is 5.76. The Bertz CT molecular complexity index is 694. The minimum absolute atomic E-state index is 0.906. The van der Waals surface area contributed by atoms with E-state index in [1.54, 1.807) is 6.20 Å². The first-order valence-corrected chi connectivity index (χ1v) is 6.76. The predicted molar refractivity (Wildman–Crippen MR) is 83.0 cm³/mol. The fraction of sp³-hybridized carbons (Fsp3) is 0.111. The van der Waals surface area contributed by atoms with Gasteiger partial charge in [-0.05, 0) is 43.2 Å². The van der Waals surface area contributed by atoms with Crippen molar-refractivity contribution in [2.75, 3.05) is 0 Å². The highest BCUT2D eigenvalue weighted by Gasteiger charge is 2.07. The van der Waals surface area contributed by atoms with E-state index >= 15 is 0 Å². The van der Waals surface area contributed by atoms with Crippen LogP contribution in [0.4, 0.5) is 0 Å². The molecule has 2 heteroatoms. The van der Waals surface area contributed by atoms with Gasteiger partial charge in [0.25, 0.3) is 0 Å². The summed E-state index contributed by atoms with van der Waals surface area (Å²) in [6, 6.07) is 12.0. The lowest BCUT2D eigenvalue weighted by Gasteiger charge is -2.08. The molecule has 1 aliphatic rings. The van der Waals surface area contributed by atoms with E-state index in [0.29, 0.717) is 0 Å². The van der Waals surface area contributed by atoms with Crippen molar-refractivity contribution in [3.05, 3.63) is 78.2 Å². The second-order valence-electron chi connectivity index (χ2n) is 4.81. The third-order valence-corrected chi connectivity index (χ3v) is 3.35. The number of allylic oxidation sites excluding steroid dienone is 6. The van der Waals surface area contributed by atoms with Gasteiger partial charge in [0, 0.05) is 6.20 Å². The molecule has 0 aliphatic heterocycles. The first-order valence-electron chi connectivity index (χ1n) is 6.76. The van der Waals surface area contributed by atoms with Crippen molar-refractivity contribution in [2.45, 2.75) is 13.3 Å². The van der Waals surface area contributed by atoms with Crippen molar-refractivity contribution in [1.29, 1.82) is 0 Å². The molecule has 98 valence electrons. The zero-order valence-corrected chi connectivity index (χ0v) is 11.5. The van der Waals surface area contributed by atoms with E-state index in [1.165, 1.54) is 11.1 Å². The Morgan fingerprint density at radius 1 is 0.900 bits per heavy atom. The number of nitrogens with zero attached hydrogens (tertiary/aromatic N) is 2. The van der Waals surface area contributed by atoms with Crippen molar-refractivity contribution in [3.8, 4) is 11.4 Å². The Morgan fingerprint density at radius 2 is 1.75 bits per heavy atom. The molecule has 0 amide bonds. The van der Waals surface area contributed by atoms with Gasteiger partial charge in [-0.15, -0.1) is 0 Å². The summed E-state index contributed by atoms with van der Waals surface area (Å²) in [4.78, 5) is 9.12. The summed E-state index contributed by atoms with van der Waals surface area (Å²) in [5, 5.41) is 0. The number of pyridine rings is 2. The lowest BCUT2D eigenvalue weighted by atomic mass is 10.0. The summed E-state index contributed by atoms with van der Waals surface area (Å²) in [5.74, 6) is 0. The van der Waals surface area contributed by atoms with Crippen LogP contribution in [0, 0.1) is 0 Å². The van der Waals surface area contributed by atoms with E-state index in [1.807, 2.05) is 30.3 Å². The molecule has 20 heavy (non-hydrogen) atoms. The number of rotatable bonds is 2. The molecule has 0 saturated carbocycles. The van der Waals surface area contributed by atoms with Gasteiger partial charge in [-0.1, -0.05) is 42.0 Å². The predicted octanol–water partition coefficient (Wildman–Crippen LogP) is 4.43. The minimum atomic E-state index is 0.906. The first-order chi connectivity index (χ1) is 9.84. The van der Waals surface area contributed by atoms with Crippen molar-refractivity contribution in [3.63, 3.8) is 0 Å². The average molecular weight is 260 g/mol. The molecular formula is C18H16N2. The SMILES string of the molecule is CC1=C(c2cccc(-c3ccccn3)n2)C=CC=CC1. The quantitative estimate of drug-likeness (QED) is 0.798. The van der Waals surface area contributed by atoms with Gasteiger partial charge >= 0.3 is 0 Å². The van der Waals surface area contributed by atoms with Gasteiger partial charge in [0.15, 0.2) is 0 Å². The van der Waals surface area contributed by atoms with E-state index < -0.39 is 0 Å². The van der Waals surface area contributed by atoms with Gasteiger partial charge in [0.1, 0.15) is 0 Å². The van der Waals surface area contributed by atoms with E-state index in [0.717, 1.165) is 23.5 Å². The summed E-state index contributed by atoms with van der Waals surface area (Å²) in [6.45, 7) is 2.16. The van der Waals surface area contributed by atoms with Crippen molar-refractivity contribution in [1.82, 2.24) is 9.97 Å². The van der Waals surface area contributed by atoms with Crippen molar-refractivity contribution >= 4 is 5.57 Å². The maximum atomic E-state index is 4.76. The Hall–Kier alpha value is -2.48. The summed E-state index contributed by atoms with van der Waals surface area (Å²) < 4.78 is 0. The molecule has 2 heterocycles. The molecule has 0 spiro atoms. The molecule has 1 aliphatic carbocycles. The summed E-state index contributed by atoms with van der Waals surface area (Å²) in [6.07, 6.45) is 11.2. The standard InChI is InChI=1S/C18H16N2/c1-14-8-3-2-4-9-15(14)16-11-7-12-18(20-16)17-10-5-6-13-19-17/h2-7,9-13H,8H2,1H3. The third-order valence-electron chi connectivity index (χ3n) is 3.35. The third kappa shape index (κ3) is 2.59. The fourth-order valence-corrected chi connectivity index (χ4v) is 2.27. The lowest BCUT2D eigenvalue weighted by molar-refractivity contribution is 1.19. The molecule has 0 fully saturated rings. The second-order valence-corrected chi connectivity index (χ2v) is 4.81. The molecule has 0 bridgehead atoms. The molecule has 0 unspecified atom stereocenters. The largest absolute Gasteiger partial charge is 0.255 e. The first kappa shape index (κ1) is 12.5. The van der Waals surface area contributed by atoms with Gasteiger partial charge < -0.3 is 0 Å². The smallest absolute Gasteiger partial charge is 0.0893 e. The maximum absolute atomic E-state index is 4.76. The topological polar surface area (TPSA) is 25.8 Å². The van der Waals surface area contributed by atoms with Crippen LogP contribution in [0.2, 0.25) is 0 Å². The molecule has 2 aromatic rings. The van der Waals surface area contributed by atoms with Crippen LogP contribution in [0.15, 0.2) is 72.5 Å². The summed E-state index contributed by atoms with van der Waals surface area (Å²) in [5.41, 5.74) is 5.36. The zero-order valence-electron chi connectivity index (χ0n) is 11.5. The number of hydrogen-bond acceptors (Lipinski definition) is 2. The van der Waals surface area contributed by atoms with Crippen molar-refractivity contribution < 1.29 is 0 Å². The minimum Gasteiger partial charge on any atom is -0.255 e. The molecule has 3 rings (SSSR count). The normalized spacial score (nSPS) is 14.4. The lowest BCUT2D eigenvalue weighted by Crippen LogP contribution is -1.93. The number of aromatic nitrogens is 2. The van der Waals surface area contributed by atoms with Gasteiger partial charge in [0.2, 0.25) is 0 Å². The fourth-order valence-electron chi connectivity index (χ4n) is 2.27. The molecule has 0 saturated heterocycles. The van der Waals surface area contributed by atoms with Crippen LogP contribution in [0.1, 0.15) is 19.0 Å². The van der Waals surface area contributed by atoms with E-state index in [2.05, 4.69) is 42.3 Å². The highest BCUT2D eigenvalue weighted by Crippen LogP contribution is 2.25. The van der Waals surface area contributed by atoms with Crippen LogP contribution in [-0.4, -0.2) is 9.97 Å². The molecule has 2 nitrogen and oxygen atoms in total. The average Bonchev–Trinajstić information content (AvgIpc) is 2.73. The van der Waals surface area contributed by atoms with Gasteiger partial charge in [-0.3, -0.25) is 4.98 Å². The van der Waals surface area contributed by atoms with Gasteiger partial charge in [-0.2, -0.15) is 0 Å². The van der Waals surface area contributed by atoms with Crippen LogP contribution in [0.25, 0.3) is 17.0 Å². The Balaban J connectivity index is 2.04. The van der Waals surface area contributed by atoms with Crippen molar-refractivity contribution in [2.24, 2.45) is 0 Å². The summed E-state index contributed by atoms with van der Waals surface area (Å²) in [7, 11) is 0. The van der Waals surface area contributed by atoms with Crippen LogP contribution >= 0.6 is 0 Å². The molecule has 2 aromatic heterocycles. The van der Waals surface area contributed by atoms with E-state index in [9.17, 15) is 0 Å². The van der Waals surface area contributed by atoms with E-state index in [4.69, 9.17) is 4.98 Å². The molecule has 0 N–H and O–H groups in total.